The highest BCUT2D eigenvalue weighted by atomic mass is 16.5. The molecule has 1 heterocycles. The molecule has 4 heteroatoms. The van der Waals surface area contributed by atoms with Gasteiger partial charge >= 0.3 is 0 Å². The van der Waals surface area contributed by atoms with E-state index in [1.165, 1.54) is 6.92 Å². The molecule has 1 amide bonds. The molecule has 1 aliphatic heterocycles. The fourth-order valence-electron chi connectivity index (χ4n) is 0.843. The van der Waals surface area contributed by atoms with Crippen molar-refractivity contribution in [3.63, 3.8) is 0 Å². The van der Waals surface area contributed by atoms with E-state index in [0.717, 1.165) is 0 Å². The molecule has 0 aromatic heterocycles. The summed E-state index contributed by atoms with van der Waals surface area (Å²) >= 11 is 0. The number of hydrogen-bond donors (Lipinski definition) is 1. The van der Waals surface area contributed by atoms with Gasteiger partial charge in [0.15, 0.2) is 0 Å². The van der Waals surface area contributed by atoms with Crippen molar-refractivity contribution in [3.05, 3.63) is 0 Å². The molecule has 4 nitrogen and oxygen atoms in total. The number of carbonyl (C=O) groups excluding carboxylic acids is 2. The zero-order valence-electron chi connectivity index (χ0n) is 6.64. The van der Waals surface area contributed by atoms with Crippen molar-refractivity contribution in [1.82, 2.24) is 5.32 Å². The second-order valence-electron chi connectivity index (χ2n) is 3.06. The van der Waals surface area contributed by atoms with Crippen LogP contribution in [-0.4, -0.2) is 30.4 Å². The third kappa shape index (κ3) is 1.77. The summed E-state index contributed by atoms with van der Waals surface area (Å²) < 4.78 is 4.89. The van der Waals surface area contributed by atoms with Crippen LogP contribution in [0.4, 0.5) is 0 Å². The summed E-state index contributed by atoms with van der Waals surface area (Å²) in [7, 11) is 0. The number of carbonyl (C=O) groups is 2. The minimum absolute atomic E-state index is 0.317. The first-order chi connectivity index (χ1) is 5.03. The van der Waals surface area contributed by atoms with E-state index in [0.29, 0.717) is 13.2 Å². The standard InChI is InChI=1S/C7H11NO3/c1-5(9)6(10)8-7(2)3-11-4-7/h3-4H2,1-2H3,(H,8,10). The predicted molar refractivity (Wildman–Crippen MR) is 38.0 cm³/mol. The van der Waals surface area contributed by atoms with Gasteiger partial charge in [-0.3, -0.25) is 9.59 Å². The summed E-state index contributed by atoms with van der Waals surface area (Å²) in [4.78, 5) is 21.3. The Hall–Kier alpha value is -0.900. The molecule has 0 radical (unpaired) electrons. The molecule has 0 aliphatic carbocycles. The van der Waals surface area contributed by atoms with Gasteiger partial charge in [0.1, 0.15) is 0 Å². The molecule has 11 heavy (non-hydrogen) atoms. The number of Topliss-reactive ketones (excluding diaryl/α,β-unsaturated/α-hetero) is 1. The minimum Gasteiger partial charge on any atom is -0.376 e. The third-order valence-corrected chi connectivity index (χ3v) is 1.58. The van der Waals surface area contributed by atoms with E-state index in [1.807, 2.05) is 6.92 Å². The smallest absolute Gasteiger partial charge is 0.287 e. The van der Waals surface area contributed by atoms with Gasteiger partial charge in [0.05, 0.1) is 18.8 Å². The molecule has 0 aromatic rings. The van der Waals surface area contributed by atoms with E-state index in [1.54, 1.807) is 0 Å². The molecule has 0 spiro atoms. The van der Waals surface area contributed by atoms with Gasteiger partial charge in [0.25, 0.3) is 5.91 Å². The highest BCUT2D eigenvalue weighted by Crippen LogP contribution is 2.14. The maximum Gasteiger partial charge on any atom is 0.287 e. The molecular weight excluding hydrogens is 146 g/mol. The lowest BCUT2D eigenvalue weighted by Gasteiger charge is -2.38. The van der Waals surface area contributed by atoms with Gasteiger partial charge in [-0.1, -0.05) is 0 Å². The Kier molecular flexibility index (Phi) is 1.95. The molecule has 0 atom stereocenters. The average Bonchev–Trinajstić information content (AvgIpc) is 1.84. The lowest BCUT2D eigenvalue weighted by atomic mass is 10.0. The minimum atomic E-state index is -0.532. The van der Waals surface area contributed by atoms with Crippen molar-refractivity contribution < 1.29 is 14.3 Å². The molecule has 0 saturated carbocycles. The van der Waals surface area contributed by atoms with Crippen molar-refractivity contribution in [3.8, 4) is 0 Å². The SMILES string of the molecule is CC(=O)C(=O)NC1(C)COC1. The van der Waals surface area contributed by atoms with Crippen LogP contribution in [0.1, 0.15) is 13.8 Å². The Morgan fingerprint density at radius 3 is 2.27 bits per heavy atom. The highest BCUT2D eigenvalue weighted by molar-refractivity contribution is 6.35. The number of ether oxygens (including phenoxy) is 1. The average molecular weight is 157 g/mol. The molecular formula is C7H11NO3. The van der Waals surface area contributed by atoms with Crippen molar-refractivity contribution in [1.29, 1.82) is 0 Å². The zero-order valence-corrected chi connectivity index (χ0v) is 6.64. The summed E-state index contributed by atoms with van der Waals surface area (Å²) in [5, 5.41) is 2.58. The lowest BCUT2D eigenvalue weighted by molar-refractivity contribution is -0.142. The van der Waals surface area contributed by atoms with Crippen molar-refractivity contribution in [2.45, 2.75) is 19.4 Å². The van der Waals surface area contributed by atoms with Crippen molar-refractivity contribution in [2.75, 3.05) is 13.2 Å². The number of hydrogen-bond acceptors (Lipinski definition) is 3. The normalized spacial score (nSPS) is 20.2. The maximum atomic E-state index is 10.8. The fourth-order valence-corrected chi connectivity index (χ4v) is 0.843. The topological polar surface area (TPSA) is 55.4 Å². The highest BCUT2D eigenvalue weighted by Gasteiger charge is 2.35. The van der Waals surface area contributed by atoms with Gasteiger partial charge in [-0.25, -0.2) is 0 Å². The monoisotopic (exact) mass is 157 g/mol. The Balaban J connectivity index is 2.41. The number of ketones is 1. The fraction of sp³-hybridized carbons (Fsp3) is 0.714. The van der Waals surface area contributed by atoms with Crippen molar-refractivity contribution >= 4 is 11.7 Å². The van der Waals surface area contributed by atoms with Crippen LogP contribution in [0.2, 0.25) is 0 Å². The Bertz CT molecular complexity index is 196. The van der Waals surface area contributed by atoms with Gasteiger partial charge in [-0.2, -0.15) is 0 Å². The first kappa shape index (κ1) is 8.20. The van der Waals surface area contributed by atoms with Crippen LogP contribution in [0, 0.1) is 0 Å². The van der Waals surface area contributed by atoms with Crippen LogP contribution in [0.3, 0.4) is 0 Å². The Morgan fingerprint density at radius 1 is 1.45 bits per heavy atom. The van der Waals surface area contributed by atoms with Gasteiger partial charge in [0, 0.05) is 6.92 Å². The van der Waals surface area contributed by atoms with Crippen LogP contribution < -0.4 is 5.32 Å². The number of nitrogens with one attached hydrogen (secondary N) is 1. The largest absolute Gasteiger partial charge is 0.376 e. The second-order valence-corrected chi connectivity index (χ2v) is 3.06. The summed E-state index contributed by atoms with van der Waals surface area (Å²) in [5.41, 5.74) is -0.317. The summed E-state index contributed by atoms with van der Waals surface area (Å²) in [5.74, 6) is -0.992. The molecule has 1 saturated heterocycles. The predicted octanol–water partition coefficient (Wildman–Crippen LogP) is -0.520. The molecule has 1 fully saturated rings. The first-order valence-corrected chi connectivity index (χ1v) is 3.44. The quantitative estimate of drug-likeness (QED) is 0.549. The van der Waals surface area contributed by atoms with Crippen LogP contribution in [0.15, 0.2) is 0 Å². The van der Waals surface area contributed by atoms with Gasteiger partial charge in [0.2, 0.25) is 5.78 Å². The van der Waals surface area contributed by atoms with Crippen LogP contribution >= 0.6 is 0 Å². The van der Waals surface area contributed by atoms with E-state index in [9.17, 15) is 9.59 Å². The molecule has 62 valence electrons. The first-order valence-electron chi connectivity index (χ1n) is 3.44. The molecule has 1 aliphatic rings. The molecule has 0 bridgehead atoms. The van der Waals surface area contributed by atoms with E-state index >= 15 is 0 Å². The van der Waals surface area contributed by atoms with Crippen LogP contribution in [0.25, 0.3) is 0 Å². The van der Waals surface area contributed by atoms with E-state index in [4.69, 9.17) is 4.74 Å². The Labute approximate surface area is 64.9 Å². The number of amides is 1. The van der Waals surface area contributed by atoms with Crippen molar-refractivity contribution in [2.24, 2.45) is 0 Å². The van der Waals surface area contributed by atoms with Crippen LogP contribution in [0.5, 0.6) is 0 Å². The Morgan fingerprint density at radius 2 is 2.00 bits per heavy atom. The summed E-state index contributed by atoms with van der Waals surface area (Å²) in [6, 6.07) is 0. The van der Waals surface area contributed by atoms with E-state index in [-0.39, 0.29) is 5.54 Å². The molecule has 1 N–H and O–H groups in total. The maximum absolute atomic E-state index is 10.8. The lowest BCUT2D eigenvalue weighted by Crippen LogP contribution is -2.60. The van der Waals surface area contributed by atoms with Gasteiger partial charge < -0.3 is 10.1 Å². The number of rotatable bonds is 2. The molecule has 1 rings (SSSR count). The van der Waals surface area contributed by atoms with Gasteiger partial charge in [-0.05, 0) is 6.92 Å². The summed E-state index contributed by atoms with van der Waals surface area (Å²) in [6.07, 6.45) is 0. The van der Waals surface area contributed by atoms with Crippen LogP contribution in [-0.2, 0) is 14.3 Å². The third-order valence-electron chi connectivity index (χ3n) is 1.58. The second kappa shape index (κ2) is 2.62. The van der Waals surface area contributed by atoms with E-state index in [2.05, 4.69) is 5.32 Å². The van der Waals surface area contributed by atoms with E-state index < -0.39 is 11.7 Å². The zero-order chi connectivity index (χ0) is 8.48. The van der Waals surface area contributed by atoms with Gasteiger partial charge in [-0.15, -0.1) is 0 Å². The summed E-state index contributed by atoms with van der Waals surface area (Å²) in [6.45, 7) is 4.08. The molecule has 0 aromatic carbocycles. The molecule has 0 unspecified atom stereocenters.